The lowest BCUT2D eigenvalue weighted by Crippen LogP contribution is -2.62. The fourth-order valence-corrected chi connectivity index (χ4v) is 8.18. The Kier molecular flexibility index (Phi) is 9.52. The molecule has 0 aromatic heterocycles. The second-order valence-corrected chi connectivity index (χ2v) is 14.0. The van der Waals surface area contributed by atoms with E-state index in [0.29, 0.717) is 34.5 Å². The zero-order valence-electron chi connectivity index (χ0n) is 28.0. The molecule has 1 heterocycles. The van der Waals surface area contributed by atoms with Crippen molar-refractivity contribution in [2.24, 2.45) is 34.8 Å². The van der Waals surface area contributed by atoms with Crippen molar-refractivity contribution in [1.82, 2.24) is 15.7 Å². The molecular formula is C35H51N5O5. The van der Waals surface area contributed by atoms with Crippen molar-refractivity contribution < 1.29 is 24.3 Å². The Morgan fingerprint density at radius 1 is 1.22 bits per heavy atom. The smallest absolute Gasteiger partial charge is 0.251 e. The van der Waals surface area contributed by atoms with E-state index in [-0.39, 0.29) is 30.9 Å². The number of carbonyl (C=O) groups is 2. The number of ether oxygens (including phenoxy) is 1. The number of benzene rings is 2. The van der Waals surface area contributed by atoms with Crippen molar-refractivity contribution >= 4 is 17.5 Å². The van der Waals surface area contributed by atoms with Crippen LogP contribution in [0.1, 0.15) is 56.5 Å². The number of hydroxylamine groups is 2. The summed E-state index contributed by atoms with van der Waals surface area (Å²) in [5.41, 5.74) is 10.3. The van der Waals surface area contributed by atoms with Gasteiger partial charge in [0, 0.05) is 62.0 Å². The highest BCUT2D eigenvalue weighted by Gasteiger charge is 2.57. The molecular weight excluding hydrogens is 570 g/mol. The van der Waals surface area contributed by atoms with Gasteiger partial charge >= 0.3 is 0 Å². The Morgan fingerprint density at radius 2 is 1.96 bits per heavy atom. The maximum Gasteiger partial charge on any atom is 0.251 e. The predicted octanol–water partition coefficient (Wildman–Crippen LogP) is 3.41. The third-order valence-electron chi connectivity index (χ3n) is 11.0. The SMILES string of the molecule is CNC(=O)c1cc(-c2cccc(CN3O[C@@H](CN)[C@@H]([C@H](C)O)[C@H]3C(=O)N[C@H]3C[C@H]4C[C@H]([C@@H]3C)C4(C)C)c2OC)cc(N(C)C)c1. The number of nitrogens with one attached hydrogen (secondary N) is 2. The highest BCUT2D eigenvalue weighted by molar-refractivity contribution is 5.97. The summed E-state index contributed by atoms with van der Waals surface area (Å²) in [6, 6.07) is 10.9. The molecule has 2 aromatic rings. The molecule has 6 rings (SSSR count). The van der Waals surface area contributed by atoms with Gasteiger partial charge in [-0.15, -0.1) is 0 Å². The lowest BCUT2D eigenvalue weighted by atomic mass is 9.45. The second-order valence-electron chi connectivity index (χ2n) is 14.0. The fourth-order valence-electron chi connectivity index (χ4n) is 8.18. The van der Waals surface area contributed by atoms with Crippen LogP contribution in [0.5, 0.6) is 5.75 Å². The van der Waals surface area contributed by atoms with Gasteiger partial charge in [0.15, 0.2) is 0 Å². The summed E-state index contributed by atoms with van der Waals surface area (Å²) in [7, 11) is 7.09. The van der Waals surface area contributed by atoms with E-state index in [1.54, 1.807) is 26.1 Å². The lowest BCUT2D eigenvalue weighted by molar-refractivity contribution is -0.175. The minimum absolute atomic E-state index is 0.0825. The number of hydrogen-bond donors (Lipinski definition) is 4. The van der Waals surface area contributed by atoms with E-state index in [4.69, 9.17) is 15.3 Å². The lowest BCUT2D eigenvalue weighted by Gasteiger charge is -2.62. The van der Waals surface area contributed by atoms with Crippen molar-refractivity contribution in [3.63, 3.8) is 0 Å². The summed E-state index contributed by atoms with van der Waals surface area (Å²) in [4.78, 5) is 35.1. The normalized spacial score (nSPS) is 29.4. The molecule has 10 nitrogen and oxygen atoms in total. The van der Waals surface area contributed by atoms with E-state index >= 15 is 0 Å². The van der Waals surface area contributed by atoms with Crippen LogP contribution in [0.25, 0.3) is 11.1 Å². The molecule has 3 saturated carbocycles. The third-order valence-corrected chi connectivity index (χ3v) is 11.0. The standard InChI is InChI=1S/C35H51N5O5/c1-19-27-15-24(35(27,3)4)16-28(19)38-34(43)31-30(20(2)41)29(17-36)45-40(31)18-21-10-9-11-26(32(21)44-8)22-12-23(33(42)37-5)14-25(13-22)39(6)7/h9-14,19-20,24,27-31,41H,15-18,36H2,1-8H3,(H,37,42)(H,38,43)/t19-,20-,24+,27+,28-,29-,30+,31-/m0/s1. The van der Waals surface area contributed by atoms with Gasteiger partial charge < -0.3 is 31.1 Å². The number of nitrogens with zero attached hydrogens (tertiary/aromatic N) is 2. The van der Waals surface area contributed by atoms with Crippen molar-refractivity contribution in [3.05, 3.63) is 47.5 Å². The fraction of sp³-hybridized carbons (Fsp3) is 0.600. The summed E-state index contributed by atoms with van der Waals surface area (Å²) < 4.78 is 5.99. The number of amides is 2. The molecule has 2 aromatic carbocycles. The number of aliphatic hydroxyl groups is 1. The highest BCUT2D eigenvalue weighted by atomic mass is 16.7. The first-order valence-corrected chi connectivity index (χ1v) is 16.1. The molecule has 2 bridgehead atoms. The molecule has 3 aliphatic carbocycles. The van der Waals surface area contributed by atoms with E-state index in [1.807, 2.05) is 55.4 Å². The minimum atomic E-state index is -0.805. The number of para-hydroxylation sites is 1. The molecule has 246 valence electrons. The number of hydrogen-bond acceptors (Lipinski definition) is 8. The van der Waals surface area contributed by atoms with Gasteiger partial charge in [-0.3, -0.25) is 14.4 Å². The maximum absolute atomic E-state index is 14.1. The van der Waals surface area contributed by atoms with Crippen LogP contribution in [0.4, 0.5) is 5.69 Å². The quantitative estimate of drug-likeness (QED) is 0.318. The second kappa shape index (κ2) is 12.9. The molecule has 0 spiro atoms. The monoisotopic (exact) mass is 621 g/mol. The van der Waals surface area contributed by atoms with Gasteiger partial charge in [0.05, 0.1) is 25.9 Å². The Labute approximate surface area is 267 Å². The van der Waals surface area contributed by atoms with Crippen LogP contribution in [-0.4, -0.2) is 81.1 Å². The van der Waals surface area contributed by atoms with Gasteiger partial charge in [0.2, 0.25) is 5.91 Å². The number of methoxy groups -OCH3 is 1. The number of rotatable bonds is 10. The first-order chi connectivity index (χ1) is 21.3. The van der Waals surface area contributed by atoms with Crippen LogP contribution in [0.3, 0.4) is 0 Å². The Bertz CT molecular complexity index is 1410. The topological polar surface area (TPSA) is 129 Å². The molecule has 45 heavy (non-hydrogen) atoms. The summed E-state index contributed by atoms with van der Waals surface area (Å²) in [6.07, 6.45) is 0.866. The van der Waals surface area contributed by atoms with Crippen molar-refractivity contribution in [1.29, 1.82) is 0 Å². The number of nitrogens with two attached hydrogens (primary N) is 1. The Balaban J connectivity index is 1.46. The molecule has 2 amide bonds. The number of aliphatic hydroxyl groups excluding tert-OH is 1. The van der Waals surface area contributed by atoms with Crippen LogP contribution >= 0.6 is 0 Å². The molecule has 4 aliphatic rings. The molecule has 10 heteroatoms. The summed E-state index contributed by atoms with van der Waals surface area (Å²) >= 11 is 0. The average Bonchev–Trinajstić information content (AvgIpc) is 3.39. The minimum Gasteiger partial charge on any atom is -0.496 e. The highest BCUT2D eigenvalue weighted by Crippen LogP contribution is 2.61. The molecule has 1 aliphatic heterocycles. The zero-order chi connectivity index (χ0) is 32.8. The third kappa shape index (κ3) is 6.05. The molecule has 4 fully saturated rings. The van der Waals surface area contributed by atoms with Crippen molar-refractivity contribution in [2.45, 2.75) is 71.4 Å². The van der Waals surface area contributed by atoms with Gasteiger partial charge in [-0.25, -0.2) is 0 Å². The van der Waals surface area contributed by atoms with Gasteiger partial charge in [0.1, 0.15) is 11.8 Å². The average molecular weight is 622 g/mol. The maximum atomic E-state index is 14.1. The Hall–Kier alpha value is -3.18. The summed E-state index contributed by atoms with van der Waals surface area (Å²) in [5, 5.41) is 18.6. The Morgan fingerprint density at radius 3 is 2.53 bits per heavy atom. The van der Waals surface area contributed by atoms with Crippen LogP contribution in [0, 0.1) is 29.1 Å². The van der Waals surface area contributed by atoms with E-state index in [2.05, 4.69) is 31.4 Å². The summed E-state index contributed by atoms with van der Waals surface area (Å²) in [6.45, 7) is 9.06. The van der Waals surface area contributed by atoms with Crippen molar-refractivity contribution in [2.75, 3.05) is 39.7 Å². The van der Waals surface area contributed by atoms with Gasteiger partial charge in [-0.1, -0.05) is 39.0 Å². The number of fused-ring (bicyclic) bond motifs is 2. The number of carbonyl (C=O) groups excluding carboxylic acids is 2. The van der Waals surface area contributed by atoms with Crippen molar-refractivity contribution in [3.8, 4) is 16.9 Å². The van der Waals surface area contributed by atoms with E-state index in [1.165, 1.54) is 6.42 Å². The number of anilines is 1. The molecule has 1 saturated heterocycles. The van der Waals surface area contributed by atoms with Crippen LogP contribution in [-0.2, 0) is 16.2 Å². The van der Waals surface area contributed by atoms with E-state index in [0.717, 1.165) is 28.8 Å². The van der Waals surface area contributed by atoms with Gasteiger partial charge in [0.25, 0.3) is 5.91 Å². The first-order valence-electron chi connectivity index (χ1n) is 16.1. The van der Waals surface area contributed by atoms with Crippen LogP contribution in [0.2, 0.25) is 0 Å². The van der Waals surface area contributed by atoms with Crippen LogP contribution in [0.15, 0.2) is 36.4 Å². The van der Waals surface area contributed by atoms with Gasteiger partial charge in [-0.2, -0.15) is 5.06 Å². The summed E-state index contributed by atoms with van der Waals surface area (Å²) in [5.74, 6) is 1.36. The molecule has 0 unspecified atom stereocenters. The predicted molar refractivity (Wildman–Crippen MR) is 176 cm³/mol. The largest absolute Gasteiger partial charge is 0.496 e. The van der Waals surface area contributed by atoms with E-state index in [9.17, 15) is 14.7 Å². The first kappa shape index (κ1) is 33.2. The van der Waals surface area contributed by atoms with Gasteiger partial charge in [-0.05, 0) is 66.7 Å². The molecule has 8 atom stereocenters. The van der Waals surface area contributed by atoms with E-state index < -0.39 is 24.2 Å². The zero-order valence-corrected chi connectivity index (χ0v) is 28.0. The van der Waals surface area contributed by atoms with Crippen LogP contribution < -0.4 is 26.0 Å². The molecule has 5 N–H and O–H groups in total. The molecule has 0 radical (unpaired) electrons.